The minimum Gasteiger partial charge on any atom is -0.267 e. The van der Waals surface area contributed by atoms with Gasteiger partial charge >= 0.3 is 0 Å². The Hall–Kier alpha value is -3.32. The van der Waals surface area contributed by atoms with E-state index in [9.17, 15) is 4.79 Å². The number of fused-ring (bicyclic) bond motifs is 1. The fourth-order valence-corrected chi connectivity index (χ4v) is 3.38. The van der Waals surface area contributed by atoms with E-state index in [-0.39, 0.29) is 5.91 Å². The summed E-state index contributed by atoms with van der Waals surface area (Å²) in [6.07, 6.45) is 1.61. The average Bonchev–Trinajstić information content (AvgIpc) is 3.05. The maximum atomic E-state index is 12.9. The summed E-state index contributed by atoms with van der Waals surface area (Å²) in [5, 5.41) is 9.42. The SMILES string of the molecule is Cc1cc(C(=O)N/N=C/c2ccc(Br)cc2)c2c(C)nn(-c3ccccc3)c2n1. The standard InChI is InChI=1S/C22H18BrN5O/c1-14-12-19(22(29)26-24-13-16-8-10-17(23)11-9-16)20-15(2)27-28(21(20)25-14)18-6-4-3-5-7-18/h3-13H,1-2H3,(H,26,29)/b24-13+. The fourth-order valence-electron chi connectivity index (χ4n) is 3.12. The Morgan fingerprint density at radius 2 is 1.83 bits per heavy atom. The summed E-state index contributed by atoms with van der Waals surface area (Å²) in [5.74, 6) is -0.301. The summed E-state index contributed by atoms with van der Waals surface area (Å²) in [4.78, 5) is 17.5. The van der Waals surface area contributed by atoms with Gasteiger partial charge in [-0.05, 0) is 49.7 Å². The van der Waals surface area contributed by atoms with Crippen molar-refractivity contribution in [1.29, 1.82) is 0 Å². The molecule has 1 N–H and O–H groups in total. The number of benzene rings is 2. The largest absolute Gasteiger partial charge is 0.272 e. The first-order chi connectivity index (χ1) is 14.0. The average molecular weight is 448 g/mol. The van der Waals surface area contributed by atoms with Gasteiger partial charge in [-0.25, -0.2) is 15.1 Å². The number of halogens is 1. The third-order valence-corrected chi connectivity index (χ3v) is 4.96. The molecule has 0 saturated heterocycles. The second-order valence-electron chi connectivity index (χ2n) is 6.59. The van der Waals surface area contributed by atoms with Crippen LogP contribution in [0.1, 0.15) is 27.3 Å². The van der Waals surface area contributed by atoms with E-state index in [0.717, 1.165) is 32.5 Å². The minimum atomic E-state index is -0.301. The zero-order valence-electron chi connectivity index (χ0n) is 15.9. The molecule has 6 nitrogen and oxygen atoms in total. The molecule has 7 heteroatoms. The second kappa shape index (κ2) is 7.97. The Balaban J connectivity index is 1.69. The molecular weight excluding hydrogens is 430 g/mol. The van der Waals surface area contributed by atoms with Crippen molar-refractivity contribution in [3.05, 3.63) is 87.7 Å². The topological polar surface area (TPSA) is 72.2 Å². The number of carbonyl (C=O) groups is 1. The van der Waals surface area contributed by atoms with Crippen LogP contribution in [-0.4, -0.2) is 26.9 Å². The lowest BCUT2D eigenvalue weighted by molar-refractivity contribution is 0.0956. The molecule has 2 aromatic carbocycles. The molecule has 0 radical (unpaired) electrons. The molecule has 1 amide bonds. The summed E-state index contributed by atoms with van der Waals surface area (Å²) in [6, 6.07) is 19.2. The highest BCUT2D eigenvalue weighted by molar-refractivity contribution is 9.10. The first-order valence-electron chi connectivity index (χ1n) is 9.04. The third-order valence-electron chi connectivity index (χ3n) is 4.44. The van der Waals surface area contributed by atoms with Gasteiger partial charge in [0.05, 0.1) is 28.5 Å². The van der Waals surface area contributed by atoms with Crippen LogP contribution in [0.5, 0.6) is 0 Å². The number of hydrazone groups is 1. The molecule has 2 aromatic heterocycles. The number of aryl methyl sites for hydroxylation is 2. The van der Waals surface area contributed by atoms with Gasteiger partial charge in [-0.2, -0.15) is 10.2 Å². The third kappa shape index (κ3) is 3.95. The summed E-state index contributed by atoms with van der Waals surface area (Å²) in [7, 11) is 0. The van der Waals surface area contributed by atoms with Gasteiger partial charge in [0.2, 0.25) is 0 Å². The number of pyridine rings is 1. The van der Waals surface area contributed by atoms with Gasteiger partial charge in [-0.15, -0.1) is 0 Å². The van der Waals surface area contributed by atoms with Gasteiger partial charge in [0, 0.05) is 10.2 Å². The maximum absolute atomic E-state index is 12.9. The number of aromatic nitrogens is 3. The van der Waals surface area contributed by atoms with Gasteiger partial charge in [-0.3, -0.25) is 4.79 Å². The van der Waals surface area contributed by atoms with Crippen LogP contribution in [0.25, 0.3) is 16.7 Å². The number of hydrogen-bond donors (Lipinski definition) is 1. The highest BCUT2D eigenvalue weighted by Crippen LogP contribution is 2.24. The van der Waals surface area contributed by atoms with E-state index in [1.54, 1.807) is 17.0 Å². The lowest BCUT2D eigenvalue weighted by Crippen LogP contribution is -2.18. The van der Waals surface area contributed by atoms with Gasteiger partial charge in [-0.1, -0.05) is 46.3 Å². The van der Waals surface area contributed by atoms with Gasteiger partial charge in [0.15, 0.2) is 5.65 Å². The quantitative estimate of drug-likeness (QED) is 0.368. The van der Waals surface area contributed by atoms with Crippen LogP contribution in [0.3, 0.4) is 0 Å². The fraction of sp³-hybridized carbons (Fsp3) is 0.0909. The molecule has 144 valence electrons. The number of rotatable bonds is 4. The second-order valence-corrected chi connectivity index (χ2v) is 7.51. The van der Waals surface area contributed by atoms with Crippen molar-refractivity contribution in [3.8, 4) is 5.69 Å². The summed E-state index contributed by atoms with van der Waals surface area (Å²) in [6.45, 7) is 3.74. The summed E-state index contributed by atoms with van der Waals surface area (Å²) >= 11 is 3.39. The normalized spacial score (nSPS) is 11.3. The predicted molar refractivity (Wildman–Crippen MR) is 118 cm³/mol. The first-order valence-corrected chi connectivity index (χ1v) is 9.83. The molecule has 0 atom stereocenters. The van der Waals surface area contributed by atoms with E-state index in [0.29, 0.717) is 11.2 Å². The zero-order valence-corrected chi connectivity index (χ0v) is 17.5. The number of hydrogen-bond acceptors (Lipinski definition) is 4. The van der Waals surface area contributed by atoms with Crippen LogP contribution in [0.2, 0.25) is 0 Å². The minimum absolute atomic E-state index is 0.301. The molecule has 0 aliphatic rings. The van der Waals surface area contributed by atoms with Gasteiger partial charge in [0.25, 0.3) is 5.91 Å². The van der Waals surface area contributed by atoms with E-state index in [1.807, 2.05) is 68.4 Å². The van der Waals surface area contributed by atoms with E-state index < -0.39 is 0 Å². The molecule has 0 spiro atoms. The lowest BCUT2D eigenvalue weighted by atomic mass is 10.1. The van der Waals surface area contributed by atoms with E-state index in [2.05, 4.69) is 36.5 Å². The summed E-state index contributed by atoms with van der Waals surface area (Å²) in [5.41, 5.74) is 7.01. The van der Waals surface area contributed by atoms with E-state index >= 15 is 0 Å². The van der Waals surface area contributed by atoms with Crippen molar-refractivity contribution in [3.63, 3.8) is 0 Å². The van der Waals surface area contributed by atoms with Crippen LogP contribution in [0.4, 0.5) is 0 Å². The van der Waals surface area contributed by atoms with Crippen molar-refractivity contribution in [1.82, 2.24) is 20.2 Å². The Labute approximate surface area is 176 Å². The van der Waals surface area contributed by atoms with Crippen molar-refractivity contribution in [2.24, 2.45) is 5.10 Å². The number of carbonyl (C=O) groups excluding carboxylic acids is 1. The molecule has 2 heterocycles. The van der Waals surface area contributed by atoms with E-state index in [1.165, 1.54) is 0 Å². The molecule has 0 unspecified atom stereocenters. The predicted octanol–water partition coefficient (Wildman–Crippen LogP) is 4.56. The molecule has 4 rings (SSSR count). The molecular formula is C22H18BrN5O. The van der Waals surface area contributed by atoms with Crippen LogP contribution >= 0.6 is 15.9 Å². The Morgan fingerprint density at radius 3 is 2.55 bits per heavy atom. The van der Waals surface area contributed by atoms with Crippen LogP contribution in [0.15, 0.2) is 70.2 Å². The van der Waals surface area contributed by atoms with Crippen LogP contribution in [0, 0.1) is 13.8 Å². The molecule has 0 aliphatic carbocycles. The van der Waals surface area contributed by atoms with Crippen molar-refractivity contribution >= 4 is 39.1 Å². The highest BCUT2D eigenvalue weighted by Gasteiger charge is 2.19. The van der Waals surface area contributed by atoms with Gasteiger partial charge in [0.1, 0.15) is 0 Å². The highest BCUT2D eigenvalue weighted by atomic mass is 79.9. The number of nitrogens with zero attached hydrogens (tertiary/aromatic N) is 4. The van der Waals surface area contributed by atoms with E-state index in [4.69, 9.17) is 0 Å². The van der Waals surface area contributed by atoms with Crippen LogP contribution < -0.4 is 5.43 Å². The van der Waals surface area contributed by atoms with Crippen molar-refractivity contribution in [2.75, 3.05) is 0 Å². The lowest BCUT2D eigenvalue weighted by Gasteiger charge is -2.06. The first kappa shape index (κ1) is 19.0. The van der Waals surface area contributed by atoms with Gasteiger partial charge < -0.3 is 0 Å². The molecule has 0 bridgehead atoms. The van der Waals surface area contributed by atoms with Crippen LogP contribution in [-0.2, 0) is 0 Å². The zero-order chi connectivity index (χ0) is 20.4. The van der Waals surface area contributed by atoms with Crippen molar-refractivity contribution < 1.29 is 4.79 Å². The number of para-hydroxylation sites is 1. The molecule has 0 aliphatic heterocycles. The molecule has 0 saturated carbocycles. The Morgan fingerprint density at radius 1 is 1.10 bits per heavy atom. The van der Waals surface area contributed by atoms with Crippen molar-refractivity contribution in [2.45, 2.75) is 13.8 Å². The molecule has 29 heavy (non-hydrogen) atoms. The number of nitrogens with one attached hydrogen (secondary N) is 1. The Bertz CT molecular complexity index is 1210. The summed E-state index contributed by atoms with van der Waals surface area (Å²) < 4.78 is 2.75. The maximum Gasteiger partial charge on any atom is 0.272 e. The monoisotopic (exact) mass is 447 g/mol. The smallest absolute Gasteiger partial charge is 0.267 e. The molecule has 0 fully saturated rings. The molecule has 4 aromatic rings. The Kier molecular flexibility index (Phi) is 5.22. The number of amides is 1.